The van der Waals surface area contributed by atoms with Crippen LogP contribution in [0.25, 0.3) is 11.0 Å². The van der Waals surface area contributed by atoms with Crippen molar-refractivity contribution in [1.29, 1.82) is 0 Å². The zero-order valence-corrected chi connectivity index (χ0v) is 14.7. The van der Waals surface area contributed by atoms with E-state index in [0.29, 0.717) is 29.8 Å². The number of hydrogen-bond acceptors (Lipinski definition) is 6. The number of nitrogens with zero attached hydrogens (tertiary/aromatic N) is 4. The van der Waals surface area contributed by atoms with Gasteiger partial charge in [-0.2, -0.15) is 0 Å². The van der Waals surface area contributed by atoms with Crippen molar-refractivity contribution in [2.24, 2.45) is 0 Å². The van der Waals surface area contributed by atoms with E-state index in [2.05, 4.69) is 27.0 Å². The molecule has 3 heterocycles. The minimum Gasteiger partial charge on any atom is -0.361 e. The summed E-state index contributed by atoms with van der Waals surface area (Å²) in [5.74, 6) is 0. The van der Waals surface area contributed by atoms with Crippen LogP contribution in [0.2, 0.25) is 0 Å². The summed E-state index contributed by atoms with van der Waals surface area (Å²) in [6.45, 7) is 3.55. The van der Waals surface area contributed by atoms with Gasteiger partial charge < -0.3 is 9.88 Å². The van der Waals surface area contributed by atoms with Crippen molar-refractivity contribution >= 4 is 22.4 Å². The van der Waals surface area contributed by atoms with Gasteiger partial charge in [0.25, 0.3) is 0 Å². The van der Waals surface area contributed by atoms with Crippen molar-refractivity contribution < 1.29 is 4.92 Å². The number of benzene rings is 1. The molecule has 0 bridgehead atoms. The summed E-state index contributed by atoms with van der Waals surface area (Å²) in [5, 5.41) is 11.6. The molecule has 1 N–H and O–H groups in total. The molecule has 1 saturated heterocycles. The minimum atomic E-state index is -0.692. The van der Waals surface area contributed by atoms with Crippen LogP contribution in [0.4, 0.5) is 11.4 Å². The molecule has 0 radical (unpaired) electrons. The first-order valence-electron chi connectivity index (χ1n) is 8.80. The molecule has 27 heavy (non-hydrogen) atoms. The second-order valence-corrected chi connectivity index (χ2v) is 6.56. The number of piperazine rings is 1. The Morgan fingerprint density at radius 1 is 1.07 bits per heavy atom. The Labute approximate surface area is 155 Å². The maximum absolute atomic E-state index is 12.3. The molecule has 1 aromatic carbocycles. The lowest BCUT2D eigenvalue weighted by Gasteiger charge is -2.35. The molecule has 1 aliphatic heterocycles. The zero-order valence-electron chi connectivity index (χ0n) is 14.7. The summed E-state index contributed by atoms with van der Waals surface area (Å²) in [6, 6.07) is 13.6. The summed E-state index contributed by atoms with van der Waals surface area (Å²) in [7, 11) is 0. The Bertz CT molecular complexity index is 1030. The summed E-state index contributed by atoms with van der Waals surface area (Å²) in [4.78, 5) is 34.3. The molecule has 0 aliphatic carbocycles. The van der Waals surface area contributed by atoms with Gasteiger partial charge in [0.05, 0.1) is 10.4 Å². The first kappa shape index (κ1) is 17.2. The highest BCUT2D eigenvalue weighted by Gasteiger charge is 2.30. The van der Waals surface area contributed by atoms with Crippen LogP contribution in [0.15, 0.2) is 53.5 Å². The van der Waals surface area contributed by atoms with E-state index in [1.807, 2.05) is 23.1 Å². The van der Waals surface area contributed by atoms with Gasteiger partial charge >= 0.3 is 11.2 Å². The van der Waals surface area contributed by atoms with Crippen molar-refractivity contribution in [3.63, 3.8) is 0 Å². The fraction of sp³-hybridized carbons (Fsp3) is 0.263. The molecule has 1 fully saturated rings. The lowest BCUT2D eigenvalue weighted by molar-refractivity contribution is -0.385. The number of aromatic nitrogens is 2. The molecule has 0 atom stereocenters. The standard InChI is InChI=1S/C19H19N5O3/c25-19-18(24(26)27)17(16-15(21-19)7-4-8-20-16)23-11-9-22(10-12-23)13-14-5-2-1-3-6-14/h1-8H,9-13H2,(H,21,25). The number of H-pyrrole nitrogens is 1. The average Bonchev–Trinajstić information content (AvgIpc) is 2.68. The van der Waals surface area contributed by atoms with Gasteiger partial charge in [0, 0.05) is 38.9 Å². The Morgan fingerprint density at radius 2 is 1.81 bits per heavy atom. The quantitative estimate of drug-likeness (QED) is 0.562. The number of fused-ring (bicyclic) bond motifs is 1. The Kier molecular flexibility index (Phi) is 4.55. The number of pyridine rings is 2. The summed E-state index contributed by atoms with van der Waals surface area (Å²) < 4.78 is 0. The molecule has 4 rings (SSSR count). The number of rotatable bonds is 4. The van der Waals surface area contributed by atoms with Gasteiger partial charge in [-0.1, -0.05) is 30.3 Å². The van der Waals surface area contributed by atoms with Crippen molar-refractivity contribution in [2.75, 3.05) is 31.1 Å². The van der Waals surface area contributed by atoms with Crippen LogP contribution >= 0.6 is 0 Å². The number of nitro groups is 1. The first-order chi connectivity index (χ1) is 13.1. The van der Waals surface area contributed by atoms with Crippen LogP contribution in [-0.4, -0.2) is 46.0 Å². The maximum atomic E-state index is 12.3. The van der Waals surface area contributed by atoms with Crippen molar-refractivity contribution in [3.8, 4) is 0 Å². The van der Waals surface area contributed by atoms with Crippen LogP contribution in [-0.2, 0) is 6.54 Å². The second-order valence-electron chi connectivity index (χ2n) is 6.56. The molecule has 3 aromatic rings. The normalized spacial score (nSPS) is 15.2. The topological polar surface area (TPSA) is 95.4 Å². The zero-order chi connectivity index (χ0) is 18.8. The molecular formula is C19H19N5O3. The summed E-state index contributed by atoms with van der Waals surface area (Å²) in [6.07, 6.45) is 1.58. The van der Waals surface area contributed by atoms with Crippen molar-refractivity contribution in [2.45, 2.75) is 6.54 Å². The van der Waals surface area contributed by atoms with Crippen LogP contribution in [0, 0.1) is 10.1 Å². The van der Waals surface area contributed by atoms with E-state index < -0.39 is 16.2 Å². The van der Waals surface area contributed by atoms with E-state index in [0.717, 1.165) is 19.6 Å². The number of anilines is 1. The van der Waals surface area contributed by atoms with Crippen LogP contribution in [0.3, 0.4) is 0 Å². The molecule has 8 nitrogen and oxygen atoms in total. The van der Waals surface area contributed by atoms with Crippen LogP contribution in [0.1, 0.15) is 5.56 Å². The second kappa shape index (κ2) is 7.16. The third-order valence-corrected chi connectivity index (χ3v) is 4.84. The summed E-state index contributed by atoms with van der Waals surface area (Å²) in [5.41, 5.74) is 1.40. The molecule has 2 aromatic heterocycles. The fourth-order valence-electron chi connectivity index (χ4n) is 3.54. The smallest absolute Gasteiger partial charge is 0.359 e. The molecule has 0 amide bonds. The van der Waals surface area contributed by atoms with Gasteiger partial charge in [0.1, 0.15) is 11.2 Å². The number of aromatic amines is 1. The van der Waals surface area contributed by atoms with Crippen molar-refractivity contribution in [1.82, 2.24) is 14.9 Å². The molecule has 1 aliphatic rings. The molecule has 8 heteroatoms. The Hall–Kier alpha value is -3.26. The highest BCUT2D eigenvalue weighted by molar-refractivity contribution is 5.93. The van der Waals surface area contributed by atoms with E-state index >= 15 is 0 Å². The van der Waals surface area contributed by atoms with E-state index in [1.54, 1.807) is 18.3 Å². The number of hydrogen-bond donors (Lipinski definition) is 1. The third kappa shape index (κ3) is 3.39. The predicted octanol–water partition coefficient (Wildman–Crippen LogP) is 2.15. The molecule has 0 unspecified atom stereocenters. The largest absolute Gasteiger partial charge is 0.361 e. The highest BCUT2D eigenvalue weighted by Crippen LogP contribution is 2.31. The first-order valence-corrected chi connectivity index (χ1v) is 8.80. The minimum absolute atomic E-state index is 0.318. The van der Waals surface area contributed by atoms with Gasteiger partial charge in [-0.3, -0.25) is 24.8 Å². The fourth-order valence-corrected chi connectivity index (χ4v) is 3.54. The lowest BCUT2D eigenvalue weighted by Crippen LogP contribution is -2.46. The Balaban J connectivity index is 1.63. The molecule has 138 valence electrons. The monoisotopic (exact) mass is 365 g/mol. The van der Waals surface area contributed by atoms with Gasteiger partial charge in [-0.05, 0) is 17.7 Å². The van der Waals surface area contributed by atoms with E-state index in [-0.39, 0.29) is 0 Å². The van der Waals surface area contributed by atoms with Gasteiger partial charge in [-0.25, -0.2) is 0 Å². The average molecular weight is 365 g/mol. The van der Waals surface area contributed by atoms with E-state index in [9.17, 15) is 14.9 Å². The van der Waals surface area contributed by atoms with Gasteiger partial charge in [0.2, 0.25) is 0 Å². The van der Waals surface area contributed by atoms with Crippen molar-refractivity contribution in [3.05, 3.63) is 74.7 Å². The van der Waals surface area contributed by atoms with Gasteiger partial charge in [-0.15, -0.1) is 0 Å². The molecule has 0 spiro atoms. The predicted molar refractivity (Wildman–Crippen MR) is 103 cm³/mol. The van der Waals surface area contributed by atoms with E-state index in [4.69, 9.17) is 0 Å². The van der Waals surface area contributed by atoms with E-state index in [1.165, 1.54) is 5.56 Å². The van der Waals surface area contributed by atoms with Gasteiger partial charge in [0.15, 0.2) is 0 Å². The highest BCUT2D eigenvalue weighted by atomic mass is 16.6. The number of nitrogens with one attached hydrogen (secondary N) is 1. The molecule has 0 saturated carbocycles. The van der Waals surface area contributed by atoms with Crippen LogP contribution in [0.5, 0.6) is 0 Å². The summed E-state index contributed by atoms with van der Waals surface area (Å²) >= 11 is 0. The SMILES string of the molecule is O=c1[nH]c2cccnc2c(N2CCN(Cc3ccccc3)CC2)c1[N+](=O)[O-]. The Morgan fingerprint density at radius 3 is 2.52 bits per heavy atom. The lowest BCUT2D eigenvalue weighted by atomic mass is 10.1. The molecular weight excluding hydrogens is 346 g/mol. The third-order valence-electron chi connectivity index (χ3n) is 4.84. The maximum Gasteiger partial charge on any atom is 0.359 e. The van der Waals surface area contributed by atoms with Crippen LogP contribution < -0.4 is 10.5 Å².